The van der Waals surface area contributed by atoms with E-state index in [-0.39, 0.29) is 10.6 Å². The van der Waals surface area contributed by atoms with E-state index in [0.717, 1.165) is 5.69 Å². The first kappa shape index (κ1) is 15.3. The molecule has 0 bridgehead atoms. The van der Waals surface area contributed by atoms with Crippen molar-refractivity contribution in [3.05, 3.63) is 63.4 Å². The first-order chi connectivity index (χ1) is 9.97. The van der Waals surface area contributed by atoms with E-state index in [2.05, 4.69) is 15.8 Å². The van der Waals surface area contributed by atoms with Gasteiger partial charge in [-0.05, 0) is 37.3 Å². The summed E-state index contributed by atoms with van der Waals surface area (Å²) in [6, 6.07) is 7.79. The minimum atomic E-state index is -0.559. The molecule has 0 aliphatic carbocycles. The first-order valence-corrected chi connectivity index (χ1v) is 6.71. The van der Waals surface area contributed by atoms with Crippen LogP contribution in [0.15, 0.2) is 36.5 Å². The maximum absolute atomic E-state index is 11.9. The van der Waals surface area contributed by atoms with Crippen LogP contribution in [0, 0.1) is 6.92 Å². The second kappa shape index (κ2) is 6.56. The quantitative estimate of drug-likeness (QED) is 0.835. The molecule has 0 radical (unpaired) electrons. The summed E-state index contributed by atoms with van der Waals surface area (Å²) in [5.74, 6) is -1.04. The van der Waals surface area contributed by atoms with Crippen molar-refractivity contribution in [2.45, 2.75) is 6.92 Å². The summed E-state index contributed by atoms with van der Waals surface area (Å²) in [5.41, 5.74) is 5.85. The van der Waals surface area contributed by atoms with Gasteiger partial charge < -0.3 is 0 Å². The molecule has 0 aliphatic rings. The van der Waals surface area contributed by atoms with E-state index in [1.807, 2.05) is 6.92 Å². The van der Waals surface area contributed by atoms with Crippen LogP contribution in [0.2, 0.25) is 10.0 Å². The predicted molar refractivity (Wildman–Crippen MR) is 80.4 cm³/mol. The van der Waals surface area contributed by atoms with Crippen molar-refractivity contribution in [2.75, 3.05) is 0 Å². The molecule has 5 nitrogen and oxygen atoms in total. The van der Waals surface area contributed by atoms with Crippen LogP contribution >= 0.6 is 23.2 Å². The number of carbonyl (C=O) groups excluding carboxylic acids is 2. The minimum absolute atomic E-state index is 0.173. The topological polar surface area (TPSA) is 71.1 Å². The highest BCUT2D eigenvalue weighted by molar-refractivity contribution is 6.35. The Labute approximate surface area is 131 Å². The normalized spacial score (nSPS) is 10.0. The zero-order chi connectivity index (χ0) is 15.4. The lowest BCUT2D eigenvalue weighted by Gasteiger charge is -2.08. The highest BCUT2D eigenvalue weighted by Crippen LogP contribution is 2.20. The highest BCUT2D eigenvalue weighted by Gasteiger charge is 2.12. The van der Waals surface area contributed by atoms with Crippen LogP contribution in [0.4, 0.5) is 0 Å². The van der Waals surface area contributed by atoms with Gasteiger partial charge in [0.2, 0.25) is 0 Å². The number of benzene rings is 1. The SMILES string of the molecule is Cc1ccc(C(=O)NNC(=O)c2cc(Cl)ccc2Cl)cn1. The van der Waals surface area contributed by atoms with E-state index < -0.39 is 11.8 Å². The maximum Gasteiger partial charge on any atom is 0.271 e. The fourth-order valence-corrected chi connectivity index (χ4v) is 1.90. The molecule has 0 aliphatic heterocycles. The monoisotopic (exact) mass is 323 g/mol. The number of carbonyl (C=O) groups is 2. The van der Waals surface area contributed by atoms with Crippen LogP contribution < -0.4 is 10.9 Å². The molecule has 2 rings (SSSR count). The number of amides is 2. The Morgan fingerprint density at radius 3 is 2.43 bits per heavy atom. The number of pyridine rings is 1. The van der Waals surface area contributed by atoms with E-state index in [1.165, 1.54) is 18.3 Å². The molecule has 0 saturated heterocycles. The van der Waals surface area contributed by atoms with Gasteiger partial charge in [-0.2, -0.15) is 0 Å². The lowest BCUT2D eigenvalue weighted by Crippen LogP contribution is -2.41. The number of aromatic nitrogens is 1. The Bertz CT molecular complexity index is 687. The summed E-state index contributed by atoms with van der Waals surface area (Å²) in [5, 5.41) is 0.613. The van der Waals surface area contributed by atoms with Gasteiger partial charge >= 0.3 is 0 Å². The zero-order valence-corrected chi connectivity index (χ0v) is 12.5. The van der Waals surface area contributed by atoms with Crippen molar-refractivity contribution in [1.82, 2.24) is 15.8 Å². The molecule has 1 heterocycles. The molecule has 2 amide bonds. The Balaban J connectivity index is 2.02. The summed E-state index contributed by atoms with van der Waals surface area (Å²) in [6.07, 6.45) is 1.42. The molecular weight excluding hydrogens is 313 g/mol. The molecule has 1 aromatic carbocycles. The van der Waals surface area contributed by atoms with Crippen molar-refractivity contribution >= 4 is 35.0 Å². The van der Waals surface area contributed by atoms with Gasteiger partial charge in [-0.25, -0.2) is 0 Å². The molecule has 0 unspecified atom stereocenters. The van der Waals surface area contributed by atoms with Gasteiger partial charge in [0.1, 0.15) is 0 Å². The molecule has 7 heteroatoms. The molecule has 0 atom stereocenters. The molecule has 2 aromatic rings. The average molecular weight is 324 g/mol. The van der Waals surface area contributed by atoms with Crippen LogP contribution in [0.25, 0.3) is 0 Å². The number of nitrogens with one attached hydrogen (secondary N) is 2. The third-order valence-electron chi connectivity index (χ3n) is 2.64. The van der Waals surface area contributed by atoms with E-state index >= 15 is 0 Å². The number of halogens is 2. The lowest BCUT2D eigenvalue weighted by molar-refractivity contribution is 0.0846. The number of hydrogen-bond acceptors (Lipinski definition) is 3. The molecule has 1 aromatic heterocycles. The van der Waals surface area contributed by atoms with Gasteiger partial charge in [0.15, 0.2) is 0 Å². The molecule has 0 spiro atoms. The van der Waals surface area contributed by atoms with Crippen molar-refractivity contribution in [1.29, 1.82) is 0 Å². The van der Waals surface area contributed by atoms with Gasteiger partial charge in [-0.3, -0.25) is 25.4 Å². The van der Waals surface area contributed by atoms with Crippen molar-refractivity contribution in [2.24, 2.45) is 0 Å². The third kappa shape index (κ3) is 3.93. The van der Waals surface area contributed by atoms with Crippen LogP contribution in [0.5, 0.6) is 0 Å². The van der Waals surface area contributed by atoms with E-state index in [1.54, 1.807) is 18.2 Å². The van der Waals surface area contributed by atoms with Gasteiger partial charge in [0.05, 0.1) is 16.1 Å². The van der Waals surface area contributed by atoms with Crippen molar-refractivity contribution < 1.29 is 9.59 Å². The third-order valence-corrected chi connectivity index (χ3v) is 3.20. The molecule has 108 valence electrons. The van der Waals surface area contributed by atoms with E-state index in [0.29, 0.717) is 10.6 Å². The number of hydrazine groups is 1. The van der Waals surface area contributed by atoms with Crippen LogP contribution in [-0.4, -0.2) is 16.8 Å². The largest absolute Gasteiger partial charge is 0.271 e. The number of aryl methyl sites for hydroxylation is 1. The second-order valence-corrected chi connectivity index (χ2v) is 5.06. The summed E-state index contributed by atoms with van der Waals surface area (Å²) >= 11 is 11.7. The number of nitrogens with zero attached hydrogens (tertiary/aromatic N) is 1. The lowest BCUT2D eigenvalue weighted by atomic mass is 10.2. The summed E-state index contributed by atoms with van der Waals surface area (Å²) < 4.78 is 0. The molecule has 21 heavy (non-hydrogen) atoms. The molecule has 2 N–H and O–H groups in total. The van der Waals surface area contributed by atoms with Gasteiger partial charge in [0.25, 0.3) is 11.8 Å². The van der Waals surface area contributed by atoms with Crippen LogP contribution in [0.3, 0.4) is 0 Å². The minimum Gasteiger partial charge on any atom is -0.267 e. The first-order valence-electron chi connectivity index (χ1n) is 5.96. The maximum atomic E-state index is 11.9. The number of rotatable bonds is 2. The van der Waals surface area contributed by atoms with Gasteiger partial charge in [-0.15, -0.1) is 0 Å². The Morgan fingerprint density at radius 2 is 1.76 bits per heavy atom. The van der Waals surface area contributed by atoms with Gasteiger partial charge in [0, 0.05) is 16.9 Å². The number of hydrogen-bond donors (Lipinski definition) is 2. The molecular formula is C14H11Cl2N3O2. The predicted octanol–water partition coefficient (Wildman–Crippen LogP) is 2.77. The summed E-state index contributed by atoms with van der Waals surface area (Å²) in [7, 11) is 0. The average Bonchev–Trinajstić information content (AvgIpc) is 2.47. The Hall–Kier alpha value is -2.11. The fourth-order valence-electron chi connectivity index (χ4n) is 1.53. The van der Waals surface area contributed by atoms with Crippen molar-refractivity contribution in [3.63, 3.8) is 0 Å². The van der Waals surface area contributed by atoms with E-state index in [4.69, 9.17) is 23.2 Å². The molecule has 0 saturated carbocycles. The smallest absolute Gasteiger partial charge is 0.267 e. The van der Waals surface area contributed by atoms with Crippen LogP contribution in [0.1, 0.15) is 26.4 Å². The highest BCUT2D eigenvalue weighted by atomic mass is 35.5. The fraction of sp³-hybridized carbons (Fsp3) is 0.0714. The zero-order valence-electron chi connectivity index (χ0n) is 11.0. The van der Waals surface area contributed by atoms with Crippen molar-refractivity contribution in [3.8, 4) is 0 Å². The molecule has 0 fully saturated rings. The Morgan fingerprint density at radius 1 is 1.05 bits per heavy atom. The summed E-state index contributed by atoms with van der Waals surface area (Å²) in [4.78, 5) is 27.7. The van der Waals surface area contributed by atoms with Gasteiger partial charge in [-0.1, -0.05) is 23.2 Å². The van der Waals surface area contributed by atoms with Crippen LogP contribution in [-0.2, 0) is 0 Å². The van der Waals surface area contributed by atoms with E-state index in [9.17, 15) is 9.59 Å². The summed E-state index contributed by atoms with van der Waals surface area (Å²) in [6.45, 7) is 1.81. The Kier molecular flexibility index (Phi) is 4.77. The standard InChI is InChI=1S/C14H11Cl2N3O2/c1-8-2-3-9(7-17-8)13(20)18-19-14(21)11-6-10(15)4-5-12(11)16/h2-7H,1H3,(H,18,20)(H,19,21). The second-order valence-electron chi connectivity index (χ2n) is 4.22.